The molecule has 52 heavy (non-hydrogen) atoms. The number of guanidine groups is 1. The van der Waals surface area contributed by atoms with Crippen molar-refractivity contribution in [1.29, 1.82) is 0 Å². The molecule has 0 unspecified atom stereocenters. The molecule has 0 bridgehead atoms. The number of carbonyl (C=O) groups excluding carboxylic acids is 3. The quantitative estimate of drug-likeness (QED) is 0.182. The minimum Gasteiger partial charge on any atom is -0.447 e. The molecule has 1 aliphatic carbocycles. The third-order valence-electron chi connectivity index (χ3n) is 8.26. The second-order valence-electron chi connectivity index (χ2n) is 15.1. The number of carbonyl (C=O) groups is 3. The highest BCUT2D eigenvalue weighted by atomic mass is 35.5. The molecular formula is C36H42ClF2N7O5S. The third-order valence-corrected chi connectivity index (χ3v) is 8.81. The fourth-order valence-electron chi connectivity index (χ4n) is 5.95. The lowest BCUT2D eigenvalue weighted by Gasteiger charge is -2.35. The summed E-state index contributed by atoms with van der Waals surface area (Å²) in [6.45, 7) is 7.79. The van der Waals surface area contributed by atoms with Crippen molar-refractivity contribution in [3.05, 3.63) is 76.6 Å². The van der Waals surface area contributed by atoms with Gasteiger partial charge in [0.15, 0.2) is 0 Å². The second kappa shape index (κ2) is 14.8. The number of ether oxygens (including phenoxy) is 2. The summed E-state index contributed by atoms with van der Waals surface area (Å²) in [4.78, 5) is 46.9. The van der Waals surface area contributed by atoms with E-state index in [1.165, 1.54) is 17.3 Å². The summed E-state index contributed by atoms with van der Waals surface area (Å²) in [7, 11) is 0. The first-order valence-electron chi connectivity index (χ1n) is 16.7. The molecule has 1 saturated heterocycles. The number of halogens is 3. The van der Waals surface area contributed by atoms with E-state index in [1.54, 1.807) is 63.2 Å². The number of nitrogens with zero attached hydrogens (tertiary/aromatic N) is 4. The van der Waals surface area contributed by atoms with Gasteiger partial charge in [-0.15, -0.1) is 4.99 Å². The summed E-state index contributed by atoms with van der Waals surface area (Å²) in [6.07, 6.45) is 2.79. The largest absolute Gasteiger partial charge is 0.447 e. The Morgan fingerprint density at radius 2 is 1.81 bits per heavy atom. The van der Waals surface area contributed by atoms with Crippen molar-refractivity contribution in [2.24, 2.45) is 16.1 Å². The Bertz CT molecular complexity index is 1890. The van der Waals surface area contributed by atoms with E-state index in [9.17, 15) is 18.4 Å². The van der Waals surface area contributed by atoms with Gasteiger partial charge in [-0.25, -0.2) is 14.3 Å². The first-order valence-corrected chi connectivity index (χ1v) is 17.4. The predicted molar refractivity (Wildman–Crippen MR) is 196 cm³/mol. The molecule has 4 N–H and O–H groups in total. The fraction of sp³-hybridized carbons (Fsp3) is 0.444. The standard InChI is InChI=1S/C36H42ClF2N7O5S/c1-34(2,3)19-36(23-10-7-20(8-11-23)22-16-41-45(17-22)30(38)39)29(47)46(31(44-36)43-33(49)51-35(4,5)6)27(18-50-32(48)42-24-12-13-24)21-9-14-26(37)25(15-21)28(40)52/h7-11,14-17,24,27,30H,12-13,18-19H2,1-6H3,(H2,40,52)(H,42,48)(H,43,44,49)/t27-,36-/m1/s1. The molecule has 2 fully saturated rings. The molecule has 12 nitrogen and oxygen atoms in total. The highest BCUT2D eigenvalue weighted by Crippen LogP contribution is 2.43. The van der Waals surface area contributed by atoms with Gasteiger partial charge in [-0.3, -0.25) is 9.69 Å². The van der Waals surface area contributed by atoms with Crippen LogP contribution in [0.2, 0.25) is 5.02 Å². The first-order chi connectivity index (χ1) is 24.3. The van der Waals surface area contributed by atoms with Gasteiger partial charge in [-0.05, 0) is 74.3 Å². The molecule has 0 spiro atoms. The number of rotatable bonds is 10. The lowest BCUT2D eigenvalue weighted by molar-refractivity contribution is -0.134. The Morgan fingerprint density at radius 3 is 2.37 bits per heavy atom. The van der Waals surface area contributed by atoms with Crippen LogP contribution in [0.4, 0.5) is 18.4 Å². The maximum Gasteiger partial charge on any atom is 0.437 e. The van der Waals surface area contributed by atoms with E-state index in [-0.39, 0.29) is 35.0 Å². The highest BCUT2D eigenvalue weighted by molar-refractivity contribution is 7.80. The maximum absolute atomic E-state index is 15.3. The van der Waals surface area contributed by atoms with Crippen molar-refractivity contribution in [2.75, 3.05) is 6.61 Å². The van der Waals surface area contributed by atoms with Gasteiger partial charge in [-0.1, -0.05) is 74.9 Å². The van der Waals surface area contributed by atoms with Gasteiger partial charge in [0.25, 0.3) is 5.91 Å². The number of nitrogens with two attached hydrogens (primary N) is 1. The van der Waals surface area contributed by atoms with Crippen LogP contribution in [0.15, 0.2) is 59.9 Å². The predicted octanol–water partition coefficient (Wildman–Crippen LogP) is 7.22. The van der Waals surface area contributed by atoms with E-state index in [4.69, 9.17) is 39.0 Å². The van der Waals surface area contributed by atoms with Crippen molar-refractivity contribution in [1.82, 2.24) is 25.3 Å². The van der Waals surface area contributed by atoms with Crippen LogP contribution >= 0.6 is 23.8 Å². The molecule has 0 radical (unpaired) electrons. The van der Waals surface area contributed by atoms with Crippen LogP contribution in [0.3, 0.4) is 0 Å². The van der Waals surface area contributed by atoms with Crippen molar-refractivity contribution in [2.45, 2.75) is 90.6 Å². The summed E-state index contributed by atoms with van der Waals surface area (Å²) in [5.74, 6) is -0.653. The second-order valence-corrected chi connectivity index (χ2v) is 15.9. The van der Waals surface area contributed by atoms with E-state index >= 15 is 4.79 Å². The molecule has 1 aliphatic heterocycles. The van der Waals surface area contributed by atoms with E-state index < -0.39 is 47.2 Å². The van der Waals surface area contributed by atoms with Gasteiger partial charge in [0.1, 0.15) is 22.7 Å². The summed E-state index contributed by atoms with van der Waals surface area (Å²) in [5.41, 5.74) is 5.40. The average molecular weight is 758 g/mol. The zero-order chi connectivity index (χ0) is 38.2. The Balaban J connectivity index is 1.66. The van der Waals surface area contributed by atoms with Gasteiger partial charge >= 0.3 is 18.7 Å². The zero-order valence-corrected chi connectivity index (χ0v) is 31.3. The SMILES string of the molecule is CC(C)(C)C[C@]1(c2ccc(-c3cnn(C(F)F)c3)cc2)NC(=NC(=O)OC(C)(C)C)N([C@H](COC(=O)NC2CC2)c2ccc(Cl)c(C(N)=S)c2)C1=O. The van der Waals surface area contributed by atoms with Gasteiger partial charge in [0.2, 0.25) is 5.96 Å². The van der Waals surface area contributed by atoms with Crippen LogP contribution in [0, 0.1) is 5.41 Å². The molecule has 2 atom stereocenters. The lowest BCUT2D eigenvalue weighted by Crippen LogP contribution is -2.47. The van der Waals surface area contributed by atoms with E-state index in [2.05, 4.69) is 20.7 Å². The molecule has 278 valence electrons. The molecule has 5 rings (SSSR count). The van der Waals surface area contributed by atoms with Crippen molar-refractivity contribution >= 4 is 52.9 Å². The number of alkyl carbamates (subject to hydrolysis) is 1. The normalized spacial score (nSPS) is 19.1. The lowest BCUT2D eigenvalue weighted by atomic mass is 9.75. The van der Waals surface area contributed by atoms with Crippen LogP contribution in [0.5, 0.6) is 0 Å². The molecular weight excluding hydrogens is 716 g/mol. The number of nitrogens with one attached hydrogen (secondary N) is 2. The highest BCUT2D eigenvalue weighted by Gasteiger charge is 2.55. The summed E-state index contributed by atoms with van der Waals surface area (Å²) in [5, 5.41) is 10.1. The zero-order valence-electron chi connectivity index (χ0n) is 29.7. The molecule has 2 heterocycles. The van der Waals surface area contributed by atoms with Crippen LogP contribution < -0.4 is 16.4 Å². The average Bonchev–Trinajstić information content (AvgIpc) is 3.62. The minimum atomic E-state index is -2.80. The molecule has 2 aromatic carbocycles. The molecule has 3 amide bonds. The number of hydrogen-bond acceptors (Lipinski definition) is 7. The monoisotopic (exact) mass is 757 g/mol. The van der Waals surface area contributed by atoms with Gasteiger partial charge in [0, 0.05) is 23.4 Å². The first kappa shape index (κ1) is 38.6. The third kappa shape index (κ3) is 9.05. The maximum atomic E-state index is 15.3. The minimum absolute atomic E-state index is 0.00720. The summed E-state index contributed by atoms with van der Waals surface area (Å²) < 4.78 is 38.3. The number of aliphatic imine (C=N–C) groups is 1. The Labute approximate surface area is 311 Å². The van der Waals surface area contributed by atoms with Gasteiger partial charge < -0.3 is 25.8 Å². The van der Waals surface area contributed by atoms with E-state index in [1.807, 2.05) is 20.8 Å². The van der Waals surface area contributed by atoms with Crippen LogP contribution in [0.1, 0.15) is 90.1 Å². The van der Waals surface area contributed by atoms with Gasteiger partial charge in [-0.2, -0.15) is 13.9 Å². The summed E-state index contributed by atoms with van der Waals surface area (Å²) >= 11 is 11.7. The molecule has 1 aromatic heterocycles. The molecule has 2 aliphatic rings. The van der Waals surface area contributed by atoms with Crippen molar-refractivity contribution in [3.8, 4) is 11.1 Å². The fourth-order valence-corrected chi connectivity index (χ4v) is 6.40. The number of thiocarbonyl (C=S) groups is 1. The number of benzene rings is 2. The molecule has 16 heteroatoms. The van der Waals surface area contributed by atoms with Crippen LogP contribution in [-0.2, 0) is 19.8 Å². The topological polar surface area (TPSA) is 153 Å². The Hall–Kier alpha value is -4.63. The Kier molecular flexibility index (Phi) is 11.0. The van der Waals surface area contributed by atoms with Crippen molar-refractivity contribution < 1.29 is 32.6 Å². The Morgan fingerprint density at radius 1 is 1.13 bits per heavy atom. The smallest absolute Gasteiger partial charge is 0.437 e. The van der Waals surface area contributed by atoms with Gasteiger partial charge in [0.05, 0.1) is 17.3 Å². The van der Waals surface area contributed by atoms with Crippen LogP contribution in [-0.4, -0.2) is 62.0 Å². The van der Waals surface area contributed by atoms with Crippen LogP contribution in [0.25, 0.3) is 11.1 Å². The number of alkyl halides is 2. The molecule has 3 aromatic rings. The number of aromatic nitrogens is 2. The summed E-state index contributed by atoms with van der Waals surface area (Å²) in [6, 6.07) is 10.6. The van der Waals surface area contributed by atoms with Crippen molar-refractivity contribution in [3.63, 3.8) is 0 Å². The molecule has 1 saturated carbocycles. The number of amides is 3. The van der Waals surface area contributed by atoms with E-state index in [0.717, 1.165) is 12.8 Å². The number of hydrogen-bond donors (Lipinski definition) is 3. The van der Waals surface area contributed by atoms with E-state index in [0.29, 0.717) is 32.5 Å².